The minimum atomic E-state index is 0.322. The predicted octanol–water partition coefficient (Wildman–Crippen LogP) is 3.31. The number of hydrogen-bond acceptors (Lipinski definition) is 2. The van der Waals surface area contributed by atoms with Crippen molar-refractivity contribution in [3.05, 3.63) is 0 Å². The van der Waals surface area contributed by atoms with Crippen molar-refractivity contribution in [2.75, 3.05) is 18.8 Å². The van der Waals surface area contributed by atoms with E-state index in [1.165, 1.54) is 6.54 Å². The van der Waals surface area contributed by atoms with Crippen molar-refractivity contribution in [1.82, 2.24) is 4.90 Å². The average molecular weight is 217 g/mol. The molecule has 0 rings (SSSR count). The average Bonchev–Trinajstić information content (AvgIpc) is 2.02. The molecule has 1 nitrogen and oxygen atoms in total. The van der Waals surface area contributed by atoms with Gasteiger partial charge < -0.3 is 4.90 Å². The van der Waals surface area contributed by atoms with Gasteiger partial charge in [0.1, 0.15) is 0 Å². The molecule has 0 unspecified atom stereocenters. The van der Waals surface area contributed by atoms with Crippen molar-refractivity contribution >= 4 is 12.6 Å². The van der Waals surface area contributed by atoms with E-state index < -0.39 is 0 Å². The van der Waals surface area contributed by atoms with Gasteiger partial charge >= 0.3 is 0 Å². The van der Waals surface area contributed by atoms with Crippen LogP contribution >= 0.6 is 12.6 Å². The molecule has 0 spiro atoms. The fraction of sp³-hybridized carbons (Fsp3) is 1.00. The van der Waals surface area contributed by atoms with Crippen molar-refractivity contribution < 1.29 is 0 Å². The van der Waals surface area contributed by atoms with Gasteiger partial charge in [0.2, 0.25) is 0 Å². The molecule has 0 aromatic rings. The summed E-state index contributed by atoms with van der Waals surface area (Å²) in [5.41, 5.74) is 0.322. The molecule has 0 saturated heterocycles. The van der Waals surface area contributed by atoms with Crippen LogP contribution in [0.4, 0.5) is 0 Å². The Morgan fingerprint density at radius 1 is 1.14 bits per heavy atom. The minimum absolute atomic E-state index is 0.322. The Morgan fingerprint density at radius 3 is 1.93 bits per heavy atom. The molecule has 14 heavy (non-hydrogen) atoms. The van der Waals surface area contributed by atoms with E-state index in [0.717, 1.165) is 18.2 Å². The Kier molecular flexibility index (Phi) is 6.15. The summed E-state index contributed by atoms with van der Waals surface area (Å²) >= 11 is 4.41. The molecule has 86 valence electrons. The van der Waals surface area contributed by atoms with Crippen LogP contribution in [0.3, 0.4) is 0 Å². The van der Waals surface area contributed by atoms with E-state index in [9.17, 15) is 0 Å². The summed E-state index contributed by atoms with van der Waals surface area (Å²) in [5.74, 6) is 1.70. The molecule has 0 saturated carbocycles. The molecule has 0 heterocycles. The highest BCUT2D eigenvalue weighted by molar-refractivity contribution is 7.80. The second-order valence-corrected chi connectivity index (χ2v) is 6.06. The third kappa shape index (κ3) is 5.92. The molecule has 0 amide bonds. The third-order valence-corrected chi connectivity index (χ3v) is 3.25. The van der Waals surface area contributed by atoms with E-state index >= 15 is 0 Å². The van der Waals surface area contributed by atoms with Gasteiger partial charge in [0.15, 0.2) is 0 Å². The van der Waals surface area contributed by atoms with E-state index in [-0.39, 0.29) is 0 Å². The molecule has 0 N–H and O–H groups in total. The number of thiol groups is 1. The van der Waals surface area contributed by atoms with Crippen LogP contribution in [0, 0.1) is 11.3 Å². The second-order valence-electron chi connectivity index (χ2n) is 5.74. The van der Waals surface area contributed by atoms with Gasteiger partial charge in [0.25, 0.3) is 0 Å². The highest BCUT2D eigenvalue weighted by Crippen LogP contribution is 2.20. The molecular weight excluding hydrogens is 190 g/mol. The van der Waals surface area contributed by atoms with Gasteiger partial charge in [0, 0.05) is 19.1 Å². The first-order valence-electron chi connectivity index (χ1n) is 5.63. The van der Waals surface area contributed by atoms with Gasteiger partial charge in [-0.25, -0.2) is 0 Å². The summed E-state index contributed by atoms with van der Waals surface area (Å²) in [6.07, 6.45) is 0. The lowest BCUT2D eigenvalue weighted by Gasteiger charge is -2.35. The lowest BCUT2D eigenvalue weighted by molar-refractivity contribution is 0.142. The van der Waals surface area contributed by atoms with E-state index in [4.69, 9.17) is 0 Å². The lowest BCUT2D eigenvalue weighted by Crippen LogP contribution is -2.41. The van der Waals surface area contributed by atoms with E-state index in [2.05, 4.69) is 59.1 Å². The maximum atomic E-state index is 4.41. The Balaban J connectivity index is 4.23. The second kappa shape index (κ2) is 6.02. The first-order valence-corrected chi connectivity index (χ1v) is 6.26. The van der Waals surface area contributed by atoms with Crippen LogP contribution in [0.1, 0.15) is 41.5 Å². The van der Waals surface area contributed by atoms with Crippen molar-refractivity contribution in [2.45, 2.75) is 47.6 Å². The normalized spacial score (nSPS) is 13.3. The van der Waals surface area contributed by atoms with Crippen LogP contribution in [0.15, 0.2) is 0 Å². The summed E-state index contributed by atoms with van der Waals surface area (Å²) in [6.45, 7) is 16.0. The monoisotopic (exact) mass is 217 g/mol. The fourth-order valence-electron chi connectivity index (χ4n) is 1.53. The standard InChI is InChI=1S/C12H27NS/c1-10(2)7-13(11(3)4)8-12(5,6)9-14/h10-11,14H,7-9H2,1-6H3. The van der Waals surface area contributed by atoms with Gasteiger partial charge in [-0.1, -0.05) is 27.7 Å². The van der Waals surface area contributed by atoms with Gasteiger partial charge in [-0.05, 0) is 30.9 Å². The Morgan fingerprint density at radius 2 is 1.64 bits per heavy atom. The van der Waals surface area contributed by atoms with Crippen LogP contribution in [-0.2, 0) is 0 Å². The minimum Gasteiger partial charge on any atom is -0.300 e. The summed E-state index contributed by atoms with van der Waals surface area (Å²) in [4.78, 5) is 2.56. The van der Waals surface area contributed by atoms with Gasteiger partial charge in [-0.3, -0.25) is 0 Å². The highest BCUT2D eigenvalue weighted by Gasteiger charge is 2.22. The number of rotatable bonds is 6. The first kappa shape index (κ1) is 14.3. The molecule has 0 bridgehead atoms. The molecule has 0 aromatic carbocycles. The van der Waals surface area contributed by atoms with Crippen LogP contribution in [0.25, 0.3) is 0 Å². The quantitative estimate of drug-likeness (QED) is 0.668. The van der Waals surface area contributed by atoms with Gasteiger partial charge in [-0.15, -0.1) is 0 Å². The van der Waals surface area contributed by atoms with Crippen molar-refractivity contribution in [3.8, 4) is 0 Å². The van der Waals surface area contributed by atoms with Crippen molar-refractivity contribution in [2.24, 2.45) is 11.3 Å². The maximum Gasteiger partial charge on any atom is 0.00433 e. The molecule has 0 aliphatic rings. The van der Waals surface area contributed by atoms with Crippen LogP contribution < -0.4 is 0 Å². The topological polar surface area (TPSA) is 3.24 Å². The number of hydrogen-bond donors (Lipinski definition) is 1. The molecule has 0 aliphatic carbocycles. The van der Waals surface area contributed by atoms with E-state index in [1.54, 1.807) is 0 Å². The smallest absolute Gasteiger partial charge is 0.00433 e. The molecular formula is C12H27NS. The number of nitrogens with zero attached hydrogens (tertiary/aromatic N) is 1. The molecule has 0 aromatic heterocycles. The van der Waals surface area contributed by atoms with E-state index in [1.807, 2.05) is 0 Å². The molecule has 0 radical (unpaired) electrons. The van der Waals surface area contributed by atoms with E-state index in [0.29, 0.717) is 11.5 Å². The molecule has 0 fully saturated rings. The highest BCUT2D eigenvalue weighted by atomic mass is 32.1. The van der Waals surface area contributed by atoms with Crippen molar-refractivity contribution in [1.29, 1.82) is 0 Å². The Hall–Kier alpha value is 0.310. The summed E-state index contributed by atoms with van der Waals surface area (Å²) in [5, 5.41) is 0. The molecule has 2 heteroatoms. The zero-order valence-corrected chi connectivity index (χ0v) is 11.6. The largest absolute Gasteiger partial charge is 0.300 e. The molecule has 0 aliphatic heterocycles. The fourth-order valence-corrected chi connectivity index (χ4v) is 1.63. The summed E-state index contributed by atoms with van der Waals surface area (Å²) < 4.78 is 0. The first-order chi connectivity index (χ1) is 6.28. The van der Waals surface area contributed by atoms with Gasteiger partial charge in [0.05, 0.1) is 0 Å². The van der Waals surface area contributed by atoms with Crippen LogP contribution in [0.2, 0.25) is 0 Å². The van der Waals surface area contributed by atoms with Crippen LogP contribution in [-0.4, -0.2) is 29.8 Å². The van der Waals surface area contributed by atoms with Gasteiger partial charge in [-0.2, -0.15) is 12.6 Å². The third-order valence-electron chi connectivity index (χ3n) is 2.39. The van der Waals surface area contributed by atoms with Crippen molar-refractivity contribution in [3.63, 3.8) is 0 Å². The SMILES string of the molecule is CC(C)CN(CC(C)(C)CS)C(C)C. The zero-order valence-electron chi connectivity index (χ0n) is 10.7. The summed E-state index contributed by atoms with van der Waals surface area (Å²) in [7, 11) is 0. The summed E-state index contributed by atoms with van der Waals surface area (Å²) in [6, 6.07) is 0.636. The molecule has 0 atom stereocenters. The Labute approximate surface area is 95.7 Å². The van der Waals surface area contributed by atoms with Crippen LogP contribution in [0.5, 0.6) is 0 Å². The predicted molar refractivity (Wildman–Crippen MR) is 69.2 cm³/mol. The Bertz CT molecular complexity index is 152. The maximum absolute atomic E-state index is 4.41. The lowest BCUT2D eigenvalue weighted by atomic mass is 9.94. The zero-order chi connectivity index (χ0) is 11.4.